The molecule has 13 heavy (non-hydrogen) atoms. The maximum atomic E-state index is 11.6. The molecule has 0 spiro atoms. The SMILES string of the molecule is CCC(=O)OC(C)P(=O)(OC)OC. The van der Waals surface area contributed by atoms with E-state index < -0.39 is 19.4 Å². The Balaban J connectivity index is 4.31. The van der Waals surface area contributed by atoms with Gasteiger partial charge >= 0.3 is 13.6 Å². The van der Waals surface area contributed by atoms with Gasteiger partial charge in [0, 0.05) is 20.6 Å². The minimum atomic E-state index is -3.28. The van der Waals surface area contributed by atoms with Crippen LogP contribution in [0.1, 0.15) is 20.3 Å². The predicted octanol–water partition coefficient (Wildman–Crippen LogP) is 1.77. The molecule has 0 saturated heterocycles. The molecule has 78 valence electrons. The quantitative estimate of drug-likeness (QED) is 0.511. The van der Waals surface area contributed by atoms with Crippen molar-refractivity contribution in [2.24, 2.45) is 0 Å². The molecule has 1 atom stereocenters. The summed E-state index contributed by atoms with van der Waals surface area (Å²) in [6, 6.07) is 0. The largest absolute Gasteiger partial charge is 0.450 e. The van der Waals surface area contributed by atoms with Crippen molar-refractivity contribution in [3.05, 3.63) is 0 Å². The smallest absolute Gasteiger partial charge is 0.370 e. The number of esters is 1. The summed E-state index contributed by atoms with van der Waals surface area (Å²) >= 11 is 0. The first kappa shape index (κ1) is 12.6. The van der Waals surface area contributed by atoms with Crippen molar-refractivity contribution in [1.82, 2.24) is 0 Å². The second-order valence-corrected chi connectivity index (χ2v) is 4.88. The lowest BCUT2D eigenvalue weighted by Crippen LogP contribution is -2.16. The molecule has 0 N–H and O–H groups in total. The van der Waals surface area contributed by atoms with Gasteiger partial charge in [-0.1, -0.05) is 6.92 Å². The summed E-state index contributed by atoms with van der Waals surface area (Å²) in [7, 11) is -0.781. The maximum absolute atomic E-state index is 11.6. The van der Waals surface area contributed by atoms with Crippen molar-refractivity contribution in [3.8, 4) is 0 Å². The van der Waals surface area contributed by atoms with Gasteiger partial charge in [-0.2, -0.15) is 0 Å². The van der Waals surface area contributed by atoms with E-state index in [4.69, 9.17) is 4.74 Å². The van der Waals surface area contributed by atoms with Crippen molar-refractivity contribution in [3.63, 3.8) is 0 Å². The zero-order valence-corrected chi connectivity index (χ0v) is 9.17. The van der Waals surface area contributed by atoms with E-state index in [0.29, 0.717) is 0 Å². The van der Waals surface area contributed by atoms with Gasteiger partial charge in [-0.05, 0) is 6.92 Å². The third-order valence-corrected chi connectivity index (χ3v) is 3.56. The highest BCUT2D eigenvalue weighted by Crippen LogP contribution is 2.51. The molecule has 0 aliphatic rings. The molecule has 0 radical (unpaired) electrons. The van der Waals surface area contributed by atoms with Crippen LogP contribution in [0.2, 0.25) is 0 Å². The van der Waals surface area contributed by atoms with Crippen molar-refractivity contribution in [2.45, 2.75) is 26.1 Å². The van der Waals surface area contributed by atoms with E-state index in [-0.39, 0.29) is 6.42 Å². The standard InChI is InChI=1S/C7H15O5P/c1-5-7(8)12-6(2)13(9,10-3)11-4/h6H,5H2,1-4H3. The van der Waals surface area contributed by atoms with Gasteiger partial charge in [0.25, 0.3) is 0 Å². The Morgan fingerprint density at radius 1 is 1.38 bits per heavy atom. The van der Waals surface area contributed by atoms with Gasteiger partial charge in [0.05, 0.1) is 0 Å². The number of ether oxygens (including phenoxy) is 1. The molecule has 0 bridgehead atoms. The first-order chi connectivity index (χ1) is 6.00. The Kier molecular flexibility index (Phi) is 5.21. The lowest BCUT2D eigenvalue weighted by atomic mass is 10.5. The van der Waals surface area contributed by atoms with Crippen LogP contribution in [-0.2, 0) is 23.1 Å². The van der Waals surface area contributed by atoms with E-state index in [2.05, 4.69) is 9.05 Å². The molecule has 0 saturated carbocycles. The molecule has 0 aromatic heterocycles. The monoisotopic (exact) mass is 210 g/mol. The van der Waals surface area contributed by atoms with Crippen molar-refractivity contribution >= 4 is 13.6 Å². The molecule has 1 unspecified atom stereocenters. The third-order valence-electron chi connectivity index (χ3n) is 1.54. The van der Waals surface area contributed by atoms with Crippen LogP contribution in [0.3, 0.4) is 0 Å². The molecule has 0 rings (SSSR count). The van der Waals surface area contributed by atoms with E-state index in [1.165, 1.54) is 21.1 Å². The van der Waals surface area contributed by atoms with E-state index in [0.717, 1.165) is 0 Å². The normalized spacial score (nSPS) is 13.8. The molecular weight excluding hydrogens is 195 g/mol. The van der Waals surface area contributed by atoms with Gasteiger partial charge in [0.1, 0.15) is 0 Å². The Morgan fingerprint density at radius 2 is 1.85 bits per heavy atom. The molecule has 0 aromatic carbocycles. The van der Waals surface area contributed by atoms with Crippen LogP contribution in [-0.4, -0.2) is 26.0 Å². The second-order valence-electron chi connectivity index (χ2n) is 2.35. The van der Waals surface area contributed by atoms with E-state index in [1.807, 2.05) is 0 Å². The highest BCUT2D eigenvalue weighted by atomic mass is 31.2. The molecule has 0 fully saturated rings. The van der Waals surface area contributed by atoms with Gasteiger partial charge in [-0.25, -0.2) is 0 Å². The lowest BCUT2D eigenvalue weighted by molar-refractivity contribution is -0.145. The summed E-state index contributed by atoms with van der Waals surface area (Å²) in [6.45, 7) is 3.13. The Morgan fingerprint density at radius 3 is 2.15 bits per heavy atom. The van der Waals surface area contributed by atoms with Crippen molar-refractivity contribution in [1.29, 1.82) is 0 Å². The van der Waals surface area contributed by atoms with Crippen molar-refractivity contribution < 1.29 is 23.1 Å². The molecule has 6 heteroatoms. The number of carbonyl (C=O) groups excluding carboxylic acids is 1. The van der Waals surface area contributed by atoms with Crippen LogP contribution in [0.25, 0.3) is 0 Å². The zero-order chi connectivity index (χ0) is 10.5. The van der Waals surface area contributed by atoms with E-state index in [9.17, 15) is 9.36 Å². The summed E-state index contributed by atoms with van der Waals surface area (Å²) in [5.41, 5.74) is 0. The molecular formula is C7H15O5P. The number of rotatable bonds is 5. The van der Waals surface area contributed by atoms with Crippen LogP contribution >= 0.6 is 7.60 Å². The summed E-state index contributed by atoms with van der Waals surface area (Å²) in [4.78, 5) is 10.8. The predicted molar refractivity (Wildman–Crippen MR) is 47.5 cm³/mol. The van der Waals surface area contributed by atoms with Crippen LogP contribution in [0.15, 0.2) is 0 Å². The van der Waals surface area contributed by atoms with Crippen LogP contribution in [0.5, 0.6) is 0 Å². The summed E-state index contributed by atoms with van der Waals surface area (Å²) < 4.78 is 25.7. The first-order valence-corrected chi connectivity index (χ1v) is 5.52. The van der Waals surface area contributed by atoms with Gasteiger partial charge < -0.3 is 13.8 Å². The van der Waals surface area contributed by atoms with Gasteiger partial charge in [-0.3, -0.25) is 9.36 Å². The molecule has 0 heterocycles. The fourth-order valence-electron chi connectivity index (χ4n) is 0.710. The highest BCUT2D eigenvalue weighted by Gasteiger charge is 2.32. The molecule has 0 aliphatic carbocycles. The van der Waals surface area contributed by atoms with Gasteiger partial charge in [-0.15, -0.1) is 0 Å². The minimum absolute atomic E-state index is 0.234. The lowest BCUT2D eigenvalue weighted by Gasteiger charge is -2.20. The van der Waals surface area contributed by atoms with E-state index in [1.54, 1.807) is 6.92 Å². The van der Waals surface area contributed by atoms with Crippen molar-refractivity contribution in [2.75, 3.05) is 14.2 Å². The fraction of sp³-hybridized carbons (Fsp3) is 0.857. The van der Waals surface area contributed by atoms with Gasteiger partial charge in [0.15, 0.2) is 5.85 Å². The number of carbonyl (C=O) groups is 1. The van der Waals surface area contributed by atoms with Crippen LogP contribution in [0, 0.1) is 0 Å². The molecule has 5 nitrogen and oxygen atoms in total. The molecule has 0 amide bonds. The highest BCUT2D eigenvalue weighted by molar-refractivity contribution is 7.54. The topological polar surface area (TPSA) is 61.8 Å². The Labute approximate surface area is 77.9 Å². The van der Waals surface area contributed by atoms with E-state index >= 15 is 0 Å². The summed E-state index contributed by atoms with van der Waals surface area (Å²) in [6.07, 6.45) is 0.234. The average Bonchev–Trinajstić information content (AvgIpc) is 2.16. The van der Waals surface area contributed by atoms with Crippen LogP contribution in [0.4, 0.5) is 0 Å². The fourth-order valence-corrected chi connectivity index (χ4v) is 1.70. The zero-order valence-electron chi connectivity index (χ0n) is 8.27. The maximum Gasteiger partial charge on any atom is 0.370 e. The third kappa shape index (κ3) is 3.46. The Hall–Kier alpha value is -0.380. The first-order valence-electron chi connectivity index (χ1n) is 3.90. The summed E-state index contributed by atoms with van der Waals surface area (Å²) in [5, 5.41) is 0. The minimum Gasteiger partial charge on any atom is -0.450 e. The Bertz CT molecular complexity index is 207. The molecule has 0 aliphatic heterocycles. The van der Waals surface area contributed by atoms with Gasteiger partial charge in [0.2, 0.25) is 0 Å². The number of hydrogen-bond donors (Lipinski definition) is 0. The number of hydrogen-bond acceptors (Lipinski definition) is 5. The summed E-state index contributed by atoms with van der Waals surface area (Å²) in [5.74, 6) is -1.29. The van der Waals surface area contributed by atoms with Crippen LogP contribution < -0.4 is 0 Å². The molecule has 0 aromatic rings. The average molecular weight is 210 g/mol. The second kappa shape index (κ2) is 5.37.